The van der Waals surface area contributed by atoms with Crippen molar-refractivity contribution in [1.82, 2.24) is 10.2 Å². The van der Waals surface area contributed by atoms with Crippen molar-refractivity contribution in [2.45, 2.75) is 83.8 Å². The van der Waals surface area contributed by atoms with E-state index in [-0.39, 0.29) is 17.9 Å². The SMILES string of the molecule is CCc1ccc(CCC(=O)N(Cc2ccc(OC)cc2)[C@@H](CC)C(=O)NC2CCCC2)cc1. The van der Waals surface area contributed by atoms with Crippen molar-refractivity contribution in [2.24, 2.45) is 0 Å². The van der Waals surface area contributed by atoms with Crippen LogP contribution in [0.25, 0.3) is 0 Å². The summed E-state index contributed by atoms with van der Waals surface area (Å²) in [5.41, 5.74) is 3.43. The fourth-order valence-electron chi connectivity index (χ4n) is 4.55. The highest BCUT2D eigenvalue weighted by atomic mass is 16.5. The molecule has 1 fully saturated rings. The largest absolute Gasteiger partial charge is 0.497 e. The van der Waals surface area contributed by atoms with Crippen LogP contribution in [0.1, 0.15) is 69.1 Å². The zero-order valence-electron chi connectivity index (χ0n) is 20.3. The number of amides is 2. The number of hydrogen-bond acceptors (Lipinski definition) is 3. The number of ether oxygens (including phenoxy) is 1. The van der Waals surface area contributed by atoms with Gasteiger partial charge in [-0.25, -0.2) is 0 Å². The van der Waals surface area contributed by atoms with Gasteiger partial charge in [0, 0.05) is 19.0 Å². The minimum atomic E-state index is -0.470. The van der Waals surface area contributed by atoms with Crippen molar-refractivity contribution < 1.29 is 14.3 Å². The van der Waals surface area contributed by atoms with Gasteiger partial charge in [-0.3, -0.25) is 9.59 Å². The van der Waals surface area contributed by atoms with Crippen molar-refractivity contribution in [2.75, 3.05) is 7.11 Å². The van der Waals surface area contributed by atoms with Crippen LogP contribution in [-0.2, 0) is 29.0 Å². The Morgan fingerprint density at radius 1 is 0.970 bits per heavy atom. The molecule has 1 saturated carbocycles. The molecule has 0 aromatic heterocycles. The van der Waals surface area contributed by atoms with Crippen LogP contribution in [-0.4, -0.2) is 35.9 Å². The second-order valence-electron chi connectivity index (χ2n) is 8.95. The van der Waals surface area contributed by atoms with Gasteiger partial charge in [0.15, 0.2) is 0 Å². The van der Waals surface area contributed by atoms with Crippen LogP contribution in [0.3, 0.4) is 0 Å². The fourth-order valence-corrected chi connectivity index (χ4v) is 4.55. The highest BCUT2D eigenvalue weighted by Crippen LogP contribution is 2.21. The van der Waals surface area contributed by atoms with E-state index < -0.39 is 6.04 Å². The Morgan fingerprint density at radius 2 is 1.58 bits per heavy atom. The molecule has 2 amide bonds. The van der Waals surface area contributed by atoms with Gasteiger partial charge < -0.3 is 15.0 Å². The Bertz CT molecular complexity index is 886. The summed E-state index contributed by atoms with van der Waals surface area (Å²) in [6, 6.07) is 15.9. The molecule has 1 aliphatic carbocycles. The first-order chi connectivity index (χ1) is 16.0. The highest BCUT2D eigenvalue weighted by Gasteiger charge is 2.30. The molecule has 3 rings (SSSR count). The van der Waals surface area contributed by atoms with E-state index in [1.807, 2.05) is 31.2 Å². The molecule has 0 heterocycles. The highest BCUT2D eigenvalue weighted by molar-refractivity contribution is 5.88. The Morgan fingerprint density at radius 3 is 2.15 bits per heavy atom. The van der Waals surface area contributed by atoms with E-state index in [2.05, 4.69) is 36.5 Å². The lowest BCUT2D eigenvalue weighted by Crippen LogP contribution is -2.51. The summed E-state index contributed by atoms with van der Waals surface area (Å²) in [6.45, 7) is 4.53. The van der Waals surface area contributed by atoms with Crippen LogP contribution in [0, 0.1) is 0 Å². The summed E-state index contributed by atoms with van der Waals surface area (Å²) < 4.78 is 5.26. The third kappa shape index (κ3) is 7.08. The number of carbonyl (C=O) groups is 2. The first-order valence-corrected chi connectivity index (χ1v) is 12.3. The predicted molar refractivity (Wildman–Crippen MR) is 132 cm³/mol. The molecule has 0 saturated heterocycles. The van der Waals surface area contributed by atoms with Crippen LogP contribution in [0.15, 0.2) is 48.5 Å². The molecule has 2 aromatic carbocycles. The van der Waals surface area contributed by atoms with Gasteiger partial charge in [-0.1, -0.05) is 63.1 Å². The summed E-state index contributed by atoms with van der Waals surface area (Å²) >= 11 is 0. The maximum atomic E-state index is 13.4. The zero-order valence-corrected chi connectivity index (χ0v) is 20.3. The molecule has 1 aliphatic rings. The maximum absolute atomic E-state index is 13.4. The van der Waals surface area contributed by atoms with E-state index >= 15 is 0 Å². The first kappa shape index (κ1) is 24.8. The van der Waals surface area contributed by atoms with Gasteiger partial charge in [0.1, 0.15) is 11.8 Å². The number of rotatable bonds is 11. The molecule has 1 atom stereocenters. The summed E-state index contributed by atoms with van der Waals surface area (Å²) in [7, 11) is 1.64. The Balaban J connectivity index is 1.74. The average Bonchev–Trinajstić information content (AvgIpc) is 3.36. The number of nitrogens with one attached hydrogen (secondary N) is 1. The molecule has 1 N–H and O–H groups in total. The summed E-state index contributed by atoms with van der Waals surface area (Å²) in [5.74, 6) is 0.760. The van der Waals surface area contributed by atoms with E-state index in [9.17, 15) is 9.59 Å². The molecule has 2 aromatic rings. The van der Waals surface area contributed by atoms with Gasteiger partial charge in [0.05, 0.1) is 7.11 Å². The van der Waals surface area contributed by atoms with Crippen molar-refractivity contribution in [3.8, 4) is 5.75 Å². The van der Waals surface area contributed by atoms with Crippen LogP contribution in [0.2, 0.25) is 0 Å². The lowest BCUT2D eigenvalue weighted by Gasteiger charge is -2.31. The van der Waals surface area contributed by atoms with Gasteiger partial charge in [-0.05, 0) is 60.9 Å². The second-order valence-corrected chi connectivity index (χ2v) is 8.95. The molecule has 0 spiro atoms. The number of aryl methyl sites for hydroxylation is 2. The predicted octanol–water partition coefficient (Wildman–Crippen LogP) is 5.06. The zero-order chi connectivity index (χ0) is 23.6. The summed E-state index contributed by atoms with van der Waals surface area (Å²) in [5, 5.41) is 3.20. The number of carbonyl (C=O) groups excluding carboxylic acids is 2. The van der Waals surface area contributed by atoms with E-state index in [1.165, 1.54) is 5.56 Å². The Kier molecular flexibility index (Phi) is 9.35. The van der Waals surface area contributed by atoms with E-state index in [4.69, 9.17) is 4.74 Å². The minimum Gasteiger partial charge on any atom is -0.497 e. The molecule has 0 bridgehead atoms. The molecule has 0 radical (unpaired) electrons. The number of methoxy groups -OCH3 is 1. The van der Waals surface area contributed by atoms with Crippen LogP contribution in [0.5, 0.6) is 5.75 Å². The van der Waals surface area contributed by atoms with Gasteiger partial charge >= 0.3 is 0 Å². The van der Waals surface area contributed by atoms with Crippen molar-refractivity contribution >= 4 is 11.8 Å². The fraction of sp³-hybridized carbons (Fsp3) is 0.500. The lowest BCUT2D eigenvalue weighted by atomic mass is 10.0. The standard InChI is InChI=1S/C28H38N2O3/c1-4-21-10-12-22(13-11-21)16-19-27(31)30(20-23-14-17-25(33-3)18-15-23)26(5-2)28(32)29-24-8-6-7-9-24/h10-15,17-18,24,26H,4-9,16,19-20H2,1-3H3,(H,29,32)/t26-/m0/s1. The molecular formula is C28H38N2O3. The first-order valence-electron chi connectivity index (χ1n) is 12.3. The molecule has 5 nitrogen and oxygen atoms in total. The topological polar surface area (TPSA) is 58.6 Å². The number of nitrogens with zero attached hydrogens (tertiary/aromatic N) is 1. The van der Waals surface area contributed by atoms with E-state index in [0.29, 0.717) is 25.8 Å². The molecular weight excluding hydrogens is 412 g/mol. The molecule has 178 valence electrons. The van der Waals surface area contributed by atoms with E-state index in [1.54, 1.807) is 12.0 Å². The normalized spacial score (nSPS) is 14.6. The van der Waals surface area contributed by atoms with Crippen molar-refractivity contribution in [1.29, 1.82) is 0 Å². The Labute approximate surface area is 198 Å². The van der Waals surface area contributed by atoms with Gasteiger partial charge in [0.25, 0.3) is 0 Å². The minimum absolute atomic E-state index is 0.0128. The quantitative estimate of drug-likeness (QED) is 0.521. The Hall–Kier alpha value is -2.82. The van der Waals surface area contributed by atoms with Crippen LogP contribution >= 0.6 is 0 Å². The number of benzene rings is 2. The van der Waals surface area contributed by atoms with Crippen molar-refractivity contribution in [3.05, 3.63) is 65.2 Å². The molecule has 0 aliphatic heterocycles. The average molecular weight is 451 g/mol. The van der Waals surface area contributed by atoms with Crippen LogP contribution < -0.4 is 10.1 Å². The third-order valence-electron chi connectivity index (χ3n) is 6.66. The third-order valence-corrected chi connectivity index (χ3v) is 6.66. The van der Waals surface area contributed by atoms with Gasteiger partial charge in [-0.15, -0.1) is 0 Å². The number of hydrogen-bond donors (Lipinski definition) is 1. The van der Waals surface area contributed by atoms with Crippen LogP contribution in [0.4, 0.5) is 0 Å². The second kappa shape index (κ2) is 12.4. The van der Waals surface area contributed by atoms with E-state index in [0.717, 1.165) is 49.0 Å². The molecule has 0 unspecified atom stereocenters. The van der Waals surface area contributed by atoms with Crippen molar-refractivity contribution in [3.63, 3.8) is 0 Å². The molecule has 5 heteroatoms. The smallest absolute Gasteiger partial charge is 0.243 e. The summed E-state index contributed by atoms with van der Waals surface area (Å²) in [4.78, 5) is 28.4. The maximum Gasteiger partial charge on any atom is 0.243 e. The summed E-state index contributed by atoms with van der Waals surface area (Å²) in [6.07, 6.45) is 7.02. The monoisotopic (exact) mass is 450 g/mol. The van der Waals surface area contributed by atoms with Gasteiger partial charge in [-0.2, -0.15) is 0 Å². The molecule has 33 heavy (non-hydrogen) atoms. The lowest BCUT2D eigenvalue weighted by molar-refractivity contribution is -0.141. The van der Waals surface area contributed by atoms with Gasteiger partial charge in [0.2, 0.25) is 11.8 Å².